The summed E-state index contributed by atoms with van der Waals surface area (Å²) in [6.45, 7) is 0.306. The Kier molecular flexibility index (Phi) is 7.11. The molecule has 0 spiro atoms. The Morgan fingerprint density at radius 1 is 1.13 bits per heavy atom. The number of nitrogens with one attached hydrogen (secondary N) is 1. The first kappa shape index (κ1) is 21.4. The van der Waals surface area contributed by atoms with Gasteiger partial charge >= 0.3 is 5.97 Å². The number of carbonyl (C=O) groups is 1. The van der Waals surface area contributed by atoms with Gasteiger partial charge < -0.3 is 14.6 Å². The number of carboxylic acids is 1. The fourth-order valence-electron chi connectivity index (χ4n) is 2.43. The van der Waals surface area contributed by atoms with Crippen LogP contribution in [0.25, 0.3) is 0 Å². The van der Waals surface area contributed by atoms with E-state index < -0.39 is 5.97 Å². The fraction of sp³-hybridized carbons (Fsp3) is 0.0952. The molecule has 0 aliphatic rings. The molecule has 9 heteroatoms. The quantitative estimate of drug-likeness (QED) is 0.369. The number of rotatable bonds is 8. The minimum absolute atomic E-state index is 0.103. The van der Waals surface area contributed by atoms with Crippen LogP contribution in [0, 0.1) is 0 Å². The summed E-state index contributed by atoms with van der Waals surface area (Å²) in [7, 11) is 1.55. The Morgan fingerprint density at radius 2 is 1.97 bits per heavy atom. The van der Waals surface area contributed by atoms with Crippen molar-refractivity contribution in [1.82, 2.24) is 4.98 Å². The second kappa shape index (κ2) is 9.96. The van der Waals surface area contributed by atoms with E-state index in [1.54, 1.807) is 37.6 Å². The summed E-state index contributed by atoms with van der Waals surface area (Å²) in [4.78, 5) is 14.8. The van der Waals surface area contributed by atoms with Gasteiger partial charge in [-0.25, -0.2) is 9.78 Å². The molecule has 0 saturated carbocycles. The molecule has 2 N–H and O–H groups in total. The van der Waals surface area contributed by atoms with Crippen LogP contribution in [0.15, 0.2) is 59.8 Å². The van der Waals surface area contributed by atoms with Crippen LogP contribution in [0.3, 0.4) is 0 Å². The summed E-state index contributed by atoms with van der Waals surface area (Å²) in [5, 5.41) is 13.9. The largest absolute Gasteiger partial charge is 0.493 e. The number of pyridine rings is 1. The van der Waals surface area contributed by atoms with Crippen molar-refractivity contribution < 1.29 is 19.4 Å². The van der Waals surface area contributed by atoms with Gasteiger partial charge in [0.25, 0.3) is 0 Å². The minimum Gasteiger partial charge on any atom is -0.493 e. The smallest absolute Gasteiger partial charge is 0.337 e. The van der Waals surface area contributed by atoms with Gasteiger partial charge in [-0.1, -0.05) is 29.3 Å². The van der Waals surface area contributed by atoms with Crippen LogP contribution < -0.4 is 14.9 Å². The lowest BCUT2D eigenvalue weighted by Crippen LogP contribution is -2.00. The first-order valence-electron chi connectivity index (χ1n) is 8.69. The number of nitrogens with zero attached hydrogens (tertiary/aromatic N) is 2. The van der Waals surface area contributed by atoms with Crippen LogP contribution >= 0.6 is 23.2 Å². The summed E-state index contributed by atoms with van der Waals surface area (Å²) in [6.07, 6.45) is 2.83. The van der Waals surface area contributed by atoms with Crippen LogP contribution in [0.4, 0.5) is 5.82 Å². The molecule has 154 valence electrons. The number of aromatic nitrogens is 1. The maximum absolute atomic E-state index is 10.8. The molecule has 2 aromatic carbocycles. The van der Waals surface area contributed by atoms with Gasteiger partial charge in [-0.2, -0.15) is 5.10 Å². The number of hydrogen-bond donors (Lipinski definition) is 2. The van der Waals surface area contributed by atoms with E-state index >= 15 is 0 Å². The van der Waals surface area contributed by atoms with Crippen LogP contribution in [0.1, 0.15) is 21.5 Å². The molecule has 1 heterocycles. The van der Waals surface area contributed by atoms with Gasteiger partial charge in [0, 0.05) is 6.20 Å². The zero-order valence-corrected chi connectivity index (χ0v) is 17.3. The molecule has 1 aromatic heterocycles. The number of benzene rings is 2. The average Bonchev–Trinajstić information content (AvgIpc) is 2.75. The number of hydrogen-bond acceptors (Lipinski definition) is 6. The number of halogens is 2. The maximum atomic E-state index is 10.8. The van der Waals surface area contributed by atoms with Crippen molar-refractivity contribution in [2.24, 2.45) is 5.10 Å². The Balaban J connectivity index is 1.63. The van der Waals surface area contributed by atoms with Crippen LogP contribution in [0.5, 0.6) is 11.5 Å². The average molecular weight is 446 g/mol. The maximum Gasteiger partial charge on any atom is 0.337 e. The Bertz CT molecular complexity index is 1070. The molecular weight excluding hydrogens is 429 g/mol. The lowest BCUT2D eigenvalue weighted by molar-refractivity contribution is 0.0696. The van der Waals surface area contributed by atoms with Crippen LogP contribution in [-0.2, 0) is 6.61 Å². The molecule has 0 aliphatic heterocycles. The summed E-state index contributed by atoms with van der Waals surface area (Å²) < 4.78 is 11.2. The molecule has 0 radical (unpaired) electrons. The van der Waals surface area contributed by atoms with Gasteiger partial charge in [0.1, 0.15) is 12.4 Å². The van der Waals surface area contributed by atoms with Gasteiger partial charge in [-0.05, 0) is 53.6 Å². The van der Waals surface area contributed by atoms with Gasteiger partial charge in [0.2, 0.25) is 0 Å². The van der Waals surface area contributed by atoms with Crippen LogP contribution in [0.2, 0.25) is 10.0 Å². The number of ether oxygens (including phenoxy) is 2. The minimum atomic E-state index is -1.04. The molecule has 0 amide bonds. The van der Waals surface area contributed by atoms with Gasteiger partial charge in [-0.15, -0.1) is 0 Å². The molecule has 0 saturated heterocycles. The zero-order valence-electron chi connectivity index (χ0n) is 15.8. The third kappa shape index (κ3) is 5.62. The van der Waals surface area contributed by atoms with Gasteiger partial charge in [0.15, 0.2) is 11.5 Å². The third-order valence-corrected chi connectivity index (χ3v) is 4.71. The second-order valence-electron chi connectivity index (χ2n) is 6.05. The van der Waals surface area contributed by atoms with Crippen molar-refractivity contribution in [2.45, 2.75) is 6.61 Å². The highest BCUT2D eigenvalue weighted by atomic mass is 35.5. The van der Waals surface area contributed by atoms with E-state index in [1.807, 2.05) is 12.1 Å². The van der Waals surface area contributed by atoms with Crippen molar-refractivity contribution in [3.05, 3.63) is 81.5 Å². The predicted octanol–water partition coefficient (Wildman–Crippen LogP) is 5.12. The van der Waals surface area contributed by atoms with E-state index in [9.17, 15) is 4.79 Å². The van der Waals surface area contributed by atoms with E-state index in [-0.39, 0.29) is 5.56 Å². The monoisotopic (exact) mass is 445 g/mol. The Morgan fingerprint density at radius 3 is 2.63 bits per heavy atom. The summed E-state index contributed by atoms with van der Waals surface area (Å²) >= 11 is 12.0. The number of carboxylic acid groups (broad SMARTS) is 1. The van der Waals surface area contributed by atoms with Crippen molar-refractivity contribution >= 4 is 41.2 Å². The fourth-order valence-corrected chi connectivity index (χ4v) is 2.75. The molecule has 0 atom stereocenters. The highest BCUT2D eigenvalue weighted by Crippen LogP contribution is 2.29. The molecule has 30 heavy (non-hydrogen) atoms. The van der Waals surface area contributed by atoms with Gasteiger partial charge in [0.05, 0.1) is 28.9 Å². The first-order chi connectivity index (χ1) is 14.5. The molecular formula is C21H17Cl2N3O4. The SMILES string of the molecule is COc1cc(/C=N/Nc2ccc(C(=O)O)cn2)ccc1OCc1ccc(Cl)c(Cl)c1. The second-order valence-corrected chi connectivity index (χ2v) is 6.87. The van der Waals surface area contributed by atoms with Crippen molar-refractivity contribution in [3.63, 3.8) is 0 Å². The topological polar surface area (TPSA) is 93.0 Å². The highest BCUT2D eigenvalue weighted by Gasteiger charge is 2.07. The van der Waals surface area contributed by atoms with E-state index in [1.165, 1.54) is 18.3 Å². The summed E-state index contributed by atoms with van der Waals surface area (Å²) in [6, 6.07) is 13.6. The Hall–Kier alpha value is -3.29. The molecule has 0 unspecified atom stereocenters. The van der Waals surface area contributed by atoms with Crippen LogP contribution in [-0.4, -0.2) is 29.4 Å². The molecule has 0 fully saturated rings. The normalized spacial score (nSPS) is 10.8. The van der Waals surface area contributed by atoms with E-state index in [0.717, 1.165) is 11.1 Å². The number of aromatic carboxylic acids is 1. The standard InChI is InChI=1S/C21H17Cl2N3O4/c1-29-19-9-13(10-25-26-20-7-4-15(11-24-20)21(27)28)3-6-18(19)30-12-14-2-5-16(22)17(23)8-14/h2-11H,12H2,1H3,(H,24,26)(H,27,28)/b25-10+. The van der Waals surface area contributed by atoms with Crippen molar-refractivity contribution in [3.8, 4) is 11.5 Å². The molecule has 3 rings (SSSR count). The Labute approximate surface area is 182 Å². The zero-order chi connectivity index (χ0) is 21.5. The molecule has 0 aliphatic carbocycles. The van der Waals surface area contributed by atoms with E-state index in [0.29, 0.717) is 34.0 Å². The lowest BCUT2D eigenvalue weighted by atomic mass is 10.2. The van der Waals surface area contributed by atoms with Crippen molar-refractivity contribution in [1.29, 1.82) is 0 Å². The number of anilines is 1. The van der Waals surface area contributed by atoms with E-state index in [4.69, 9.17) is 37.8 Å². The van der Waals surface area contributed by atoms with Crippen molar-refractivity contribution in [2.75, 3.05) is 12.5 Å². The molecule has 7 nitrogen and oxygen atoms in total. The number of hydrazone groups is 1. The summed E-state index contributed by atoms with van der Waals surface area (Å²) in [5.41, 5.74) is 4.48. The molecule has 3 aromatic rings. The summed E-state index contributed by atoms with van der Waals surface area (Å²) in [5.74, 6) is 0.499. The predicted molar refractivity (Wildman–Crippen MR) is 116 cm³/mol. The molecule has 0 bridgehead atoms. The first-order valence-corrected chi connectivity index (χ1v) is 9.45. The van der Waals surface area contributed by atoms with E-state index in [2.05, 4.69) is 15.5 Å². The van der Waals surface area contributed by atoms with Gasteiger partial charge in [-0.3, -0.25) is 5.43 Å². The number of methoxy groups -OCH3 is 1. The third-order valence-electron chi connectivity index (χ3n) is 3.97. The lowest BCUT2D eigenvalue weighted by Gasteiger charge is -2.11. The highest BCUT2D eigenvalue weighted by molar-refractivity contribution is 6.42.